The van der Waals surface area contributed by atoms with E-state index in [1.165, 1.54) is 17.7 Å². The molecule has 1 aliphatic carbocycles. The van der Waals surface area contributed by atoms with Crippen molar-refractivity contribution in [1.82, 2.24) is 4.90 Å². The molecular formula is C22H28N2O4. The van der Waals surface area contributed by atoms with Gasteiger partial charge in [-0.25, -0.2) is 0 Å². The molecule has 0 atom stereocenters. The average molecular weight is 384 g/mol. The molecule has 0 aliphatic heterocycles. The fourth-order valence-corrected chi connectivity index (χ4v) is 3.71. The molecule has 1 heterocycles. The van der Waals surface area contributed by atoms with Crippen LogP contribution in [0.1, 0.15) is 38.4 Å². The first-order chi connectivity index (χ1) is 13.7. The molecule has 0 saturated heterocycles. The molecule has 150 valence electrons. The summed E-state index contributed by atoms with van der Waals surface area (Å²) in [6.45, 7) is 2.79. The van der Waals surface area contributed by atoms with Gasteiger partial charge in [0, 0.05) is 11.7 Å². The topological polar surface area (TPSA) is 63.0 Å². The SMILES string of the molecule is CCOC(=O)CN(C(=O)CN(Cc1ccco1)C1CCCC1)c1ccccc1. The van der Waals surface area contributed by atoms with Crippen LogP contribution in [-0.4, -0.2) is 42.5 Å². The van der Waals surface area contributed by atoms with Gasteiger partial charge in [-0.1, -0.05) is 31.0 Å². The van der Waals surface area contributed by atoms with Crippen molar-refractivity contribution in [3.8, 4) is 0 Å². The van der Waals surface area contributed by atoms with E-state index in [-0.39, 0.29) is 19.0 Å². The molecule has 0 spiro atoms. The number of esters is 1. The molecule has 1 fully saturated rings. The summed E-state index contributed by atoms with van der Waals surface area (Å²) < 4.78 is 10.6. The molecule has 1 aromatic carbocycles. The number of carbonyl (C=O) groups excluding carboxylic acids is 2. The molecule has 1 aliphatic rings. The molecule has 0 N–H and O–H groups in total. The van der Waals surface area contributed by atoms with Gasteiger partial charge < -0.3 is 14.1 Å². The van der Waals surface area contributed by atoms with Gasteiger partial charge in [0.2, 0.25) is 5.91 Å². The summed E-state index contributed by atoms with van der Waals surface area (Å²) in [4.78, 5) is 29.0. The van der Waals surface area contributed by atoms with Crippen molar-refractivity contribution in [2.45, 2.75) is 45.2 Å². The van der Waals surface area contributed by atoms with Gasteiger partial charge in [-0.05, 0) is 44.0 Å². The van der Waals surface area contributed by atoms with E-state index < -0.39 is 5.97 Å². The van der Waals surface area contributed by atoms with Gasteiger partial charge in [0.05, 0.1) is 26.0 Å². The van der Waals surface area contributed by atoms with Gasteiger partial charge in [-0.2, -0.15) is 0 Å². The predicted octanol–water partition coefficient (Wildman–Crippen LogP) is 3.62. The van der Waals surface area contributed by atoms with Crippen LogP contribution < -0.4 is 4.90 Å². The summed E-state index contributed by atoms with van der Waals surface area (Å²) >= 11 is 0. The van der Waals surface area contributed by atoms with Gasteiger partial charge in [0.1, 0.15) is 12.3 Å². The van der Waals surface area contributed by atoms with E-state index in [0.29, 0.717) is 24.9 Å². The Morgan fingerprint density at radius 2 is 1.82 bits per heavy atom. The van der Waals surface area contributed by atoms with Crippen molar-refractivity contribution in [3.63, 3.8) is 0 Å². The number of benzene rings is 1. The van der Waals surface area contributed by atoms with Crippen LogP contribution in [0.4, 0.5) is 5.69 Å². The minimum atomic E-state index is -0.404. The van der Waals surface area contributed by atoms with Gasteiger partial charge >= 0.3 is 5.97 Å². The lowest BCUT2D eigenvalue weighted by molar-refractivity contribution is -0.142. The number of para-hydroxylation sites is 1. The molecule has 6 nitrogen and oxygen atoms in total. The van der Waals surface area contributed by atoms with Crippen LogP contribution in [0.25, 0.3) is 0 Å². The number of rotatable bonds is 9. The van der Waals surface area contributed by atoms with Crippen molar-refractivity contribution >= 4 is 17.6 Å². The first-order valence-corrected chi connectivity index (χ1v) is 9.95. The molecule has 1 amide bonds. The molecule has 3 rings (SSSR count). The highest BCUT2D eigenvalue weighted by Crippen LogP contribution is 2.25. The average Bonchev–Trinajstić information content (AvgIpc) is 3.40. The Bertz CT molecular complexity index is 739. The van der Waals surface area contributed by atoms with Crippen molar-refractivity contribution in [2.75, 3.05) is 24.6 Å². The van der Waals surface area contributed by atoms with Crippen molar-refractivity contribution in [1.29, 1.82) is 0 Å². The van der Waals surface area contributed by atoms with Crippen molar-refractivity contribution in [3.05, 3.63) is 54.5 Å². The van der Waals surface area contributed by atoms with E-state index >= 15 is 0 Å². The third-order valence-corrected chi connectivity index (χ3v) is 5.08. The van der Waals surface area contributed by atoms with Gasteiger partial charge in [-0.3, -0.25) is 14.5 Å². The van der Waals surface area contributed by atoms with Crippen LogP contribution >= 0.6 is 0 Å². The van der Waals surface area contributed by atoms with Crippen molar-refractivity contribution in [2.24, 2.45) is 0 Å². The van der Waals surface area contributed by atoms with E-state index in [0.717, 1.165) is 18.6 Å². The van der Waals surface area contributed by atoms with E-state index in [2.05, 4.69) is 4.90 Å². The number of hydrogen-bond acceptors (Lipinski definition) is 5. The summed E-state index contributed by atoms with van der Waals surface area (Å²) in [6, 6.07) is 13.4. The smallest absolute Gasteiger partial charge is 0.326 e. The van der Waals surface area contributed by atoms with Gasteiger partial charge in [0.15, 0.2) is 0 Å². The second-order valence-corrected chi connectivity index (χ2v) is 7.04. The Morgan fingerprint density at radius 1 is 1.07 bits per heavy atom. The minimum Gasteiger partial charge on any atom is -0.468 e. The Kier molecular flexibility index (Phi) is 7.25. The third kappa shape index (κ3) is 5.45. The zero-order valence-electron chi connectivity index (χ0n) is 16.4. The van der Waals surface area contributed by atoms with Crippen LogP contribution in [0, 0.1) is 0 Å². The monoisotopic (exact) mass is 384 g/mol. The third-order valence-electron chi connectivity index (χ3n) is 5.08. The number of furan rings is 1. The van der Waals surface area contributed by atoms with Crippen molar-refractivity contribution < 1.29 is 18.7 Å². The largest absolute Gasteiger partial charge is 0.468 e. The van der Waals surface area contributed by atoms with Crippen LogP contribution in [-0.2, 0) is 20.9 Å². The maximum atomic E-state index is 13.2. The van der Waals surface area contributed by atoms with E-state index in [1.807, 2.05) is 42.5 Å². The maximum Gasteiger partial charge on any atom is 0.326 e. The molecule has 0 radical (unpaired) electrons. The standard InChI is InChI=1S/C22H28N2O4/c1-2-27-22(26)17-24(19-11-4-3-5-12-19)21(25)16-23(18-9-6-7-10-18)15-20-13-8-14-28-20/h3-5,8,11-14,18H,2,6-7,9-10,15-17H2,1H3. The van der Waals surface area contributed by atoms with E-state index in [4.69, 9.17) is 9.15 Å². The van der Waals surface area contributed by atoms with Crippen LogP contribution in [0.2, 0.25) is 0 Å². The number of nitrogens with zero attached hydrogens (tertiary/aromatic N) is 2. The van der Waals surface area contributed by atoms with E-state index in [9.17, 15) is 9.59 Å². The summed E-state index contributed by atoms with van der Waals surface area (Å²) in [5, 5.41) is 0. The Morgan fingerprint density at radius 3 is 2.46 bits per heavy atom. The quantitative estimate of drug-likeness (QED) is 0.618. The first kappa shape index (κ1) is 20.1. The number of amides is 1. The molecule has 0 unspecified atom stereocenters. The maximum absolute atomic E-state index is 13.2. The Labute approximate surface area is 166 Å². The highest BCUT2D eigenvalue weighted by atomic mass is 16.5. The molecular weight excluding hydrogens is 356 g/mol. The summed E-state index contributed by atoms with van der Waals surface area (Å²) in [5.41, 5.74) is 0.699. The first-order valence-electron chi connectivity index (χ1n) is 9.95. The highest BCUT2D eigenvalue weighted by molar-refractivity contribution is 5.98. The number of hydrogen-bond donors (Lipinski definition) is 0. The highest BCUT2D eigenvalue weighted by Gasteiger charge is 2.28. The number of anilines is 1. The van der Waals surface area contributed by atoms with Crippen LogP contribution in [0.5, 0.6) is 0 Å². The molecule has 1 aromatic heterocycles. The fraction of sp³-hybridized carbons (Fsp3) is 0.455. The summed E-state index contributed by atoms with van der Waals surface area (Å²) in [5.74, 6) is 0.326. The lowest BCUT2D eigenvalue weighted by atomic mass is 10.2. The minimum absolute atomic E-state index is 0.0874. The second-order valence-electron chi connectivity index (χ2n) is 7.04. The van der Waals surface area contributed by atoms with E-state index in [1.54, 1.807) is 13.2 Å². The van der Waals surface area contributed by atoms with Crippen LogP contribution in [0.15, 0.2) is 53.1 Å². The van der Waals surface area contributed by atoms with Crippen LogP contribution in [0.3, 0.4) is 0 Å². The molecule has 28 heavy (non-hydrogen) atoms. The fourth-order valence-electron chi connectivity index (χ4n) is 3.71. The molecule has 6 heteroatoms. The van der Waals surface area contributed by atoms with Gasteiger partial charge in [0.25, 0.3) is 0 Å². The zero-order chi connectivity index (χ0) is 19.8. The summed E-state index contributed by atoms with van der Waals surface area (Å²) in [7, 11) is 0. The normalized spacial score (nSPS) is 14.4. The zero-order valence-corrected chi connectivity index (χ0v) is 16.4. The molecule has 1 saturated carbocycles. The lowest BCUT2D eigenvalue weighted by Gasteiger charge is -2.30. The van der Waals surface area contributed by atoms with Gasteiger partial charge in [-0.15, -0.1) is 0 Å². The number of ether oxygens (including phenoxy) is 1. The number of carbonyl (C=O) groups is 2. The predicted molar refractivity (Wildman–Crippen MR) is 107 cm³/mol. The Balaban J connectivity index is 1.76. The molecule has 0 bridgehead atoms. The second kappa shape index (κ2) is 10.1. The Hall–Kier alpha value is -2.60. The lowest BCUT2D eigenvalue weighted by Crippen LogP contribution is -2.45. The summed E-state index contributed by atoms with van der Waals surface area (Å²) in [6.07, 6.45) is 6.17. The molecule has 2 aromatic rings.